The zero-order valence-corrected chi connectivity index (χ0v) is 24.0. The lowest BCUT2D eigenvalue weighted by Gasteiger charge is -2.27. The summed E-state index contributed by atoms with van der Waals surface area (Å²) in [5, 5.41) is 22.9. The van der Waals surface area contributed by atoms with Gasteiger partial charge in [0.05, 0.1) is 6.04 Å². The number of para-hydroxylation sites is 1. The molecular weight excluding hydrogens is 496 g/mol. The number of benzene rings is 1. The second-order valence-electron chi connectivity index (χ2n) is 11.4. The van der Waals surface area contributed by atoms with Crippen molar-refractivity contribution >= 4 is 34.6 Å². The zero-order valence-electron chi connectivity index (χ0n) is 24.0. The minimum atomic E-state index is -0.894. The number of guanidine groups is 1. The standard InChI is InChI=1S/C28H46N8O3/c1-17(2)14-20(29)24(37)34-22(12-9-13-32-27(30)31-6)25(38)35-23(26(39)36-28(3,4)5)15-18-16-33-21-11-8-7-10-19(18)21/h7-8,10-11,16-17,20,22-23,33H,9,12-15,29H2,1-6H3,(H,34,37)(H,35,38)(H,36,39)(H3,30,31,32)/t20-,22-,23-/m0/s1. The van der Waals surface area contributed by atoms with E-state index in [2.05, 4.69) is 31.6 Å². The van der Waals surface area contributed by atoms with Gasteiger partial charge in [0.1, 0.15) is 12.1 Å². The van der Waals surface area contributed by atoms with Crippen molar-refractivity contribution in [1.29, 1.82) is 5.41 Å². The molecule has 11 heteroatoms. The van der Waals surface area contributed by atoms with Crippen molar-refractivity contribution < 1.29 is 14.4 Å². The van der Waals surface area contributed by atoms with Gasteiger partial charge in [-0.05, 0) is 57.6 Å². The van der Waals surface area contributed by atoms with E-state index in [1.54, 1.807) is 7.05 Å². The molecule has 1 aromatic heterocycles. The molecule has 0 saturated heterocycles. The molecule has 11 nitrogen and oxygen atoms in total. The Morgan fingerprint density at radius 2 is 1.69 bits per heavy atom. The molecule has 2 rings (SSSR count). The van der Waals surface area contributed by atoms with Crippen LogP contribution in [-0.4, -0.2) is 65.9 Å². The van der Waals surface area contributed by atoms with Crippen LogP contribution in [0.1, 0.15) is 59.4 Å². The Morgan fingerprint density at radius 3 is 2.33 bits per heavy atom. The number of aromatic nitrogens is 1. The first-order chi connectivity index (χ1) is 18.3. The summed E-state index contributed by atoms with van der Waals surface area (Å²) >= 11 is 0. The number of hydrogen-bond acceptors (Lipinski definition) is 5. The minimum Gasteiger partial charge on any atom is -0.361 e. The monoisotopic (exact) mass is 542 g/mol. The first kappa shape index (κ1) is 31.6. The Bertz CT molecular complexity index is 1120. The van der Waals surface area contributed by atoms with Gasteiger partial charge in [0.15, 0.2) is 5.96 Å². The van der Waals surface area contributed by atoms with Gasteiger partial charge in [-0.15, -0.1) is 0 Å². The fraction of sp³-hybridized carbons (Fsp3) is 0.571. The van der Waals surface area contributed by atoms with E-state index < -0.39 is 35.5 Å². The second kappa shape index (κ2) is 14.5. The molecule has 3 atom stereocenters. The number of carbonyl (C=O) groups is 3. The maximum absolute atomic E-state index is 13.6. The topological polar surface area (TPSA) is 177 Å². The first-order valence-corrected chi connectivity index (χ1v) is 13.5. The second-order valence-corrected chi connectivity index (χ2v) is 11.4. The molecule has 0 unspecified atom stereocenters. The number of nitrogens with one attached hydrogen (secondary N) is 7. The number of amides is 3. The highest BCUT2D eigenvalue weighted by Gasteiger charge is 2.30. The van der Waals surface area contributed by atoms with Crippen molar-refractivity contribution in [2.24, 2.45) is 11.7 Å². The average molecular weight is 543 g/mol. The summed E-state index contributed by atoms with van der Waals surface area (Å²) in [6.45, 7) is 10.0. The summed E-state index contributed by atoms with van der Waals surface area (Å²) < 4.78 is 0. The van der Waals surface area contributed by atoms with Crippen LogP contribution in [0.25, 0.3) is 10.9 Å². The summed E-state index contributed by atoms with van der Waals surface area (Å²) in [5.41, 5.74) is 7.42. The molecule has 39 heavy (non-hydrogen) atoms. The zero-order chi connectivity index (χ0) is 29.2. The van der Waals surface area contributed by atoms with E-state index in [-0.39, 0.29) is 24.2 Å². The van der Waals surface area contributed by atoms with Crippen molar-refractivity contribution in [2.45, 2.75) is 84.0 Å². The van der Waals surface area contributed by atoms with Crippen LogP contribution in [0, 0.1) is 11.3 Å². The van der Waals surface area contributed by atoms with Gasteiger partial charge in [-0.1, -0.05) is 32.0 Å². The van der Waals surface area contributed by atoms with E-state index in [1.165, 1.54) is 0 Å². The van der Waals surface area contributed by atoms with Crippen LogP contribution >= 0.6 is 0 Å². The van der Waals surface area contributed by atoms with E-state index in [1.807, 2.05) is 65.1 Å². The maximum atomic E-state index is 13.6. The van der Waals surface area contributed by atoms with Crippen LogP contribution < -0.4 is 32.3 Å². The number of rotatable bonds is 13. The Kier molecular flexibility index (Phi) is 11.8. The number of hydrogen-bond donors (Lipinski definition) is 8. The summed E-state index contributed by atoms with van der Waals surface area (Å²) in [6, 6.07) is 5.27. The highest BCUT2D eigenvalue weighted by Crippen LogP contribution is 2.19. The summed E-state index contributed by atoms with van der Waals surface area (Å²) in [5.74, 6) is -0.801. The Morgan fingerprint density at radius 1 is 1.03 bits per heavy atom. The molecule has 216 valence electrons. The Balaban J connectivity index is 2.24. The predicted molar refractivity (Wildman–Crippen MR) is 155 cm³/mol. The molecule has 0 aliphatic carbocycles. The normalized spacial score (nSPS) is 13.8. The summed E-state index contributed by atoms with van der Waals surface area (Å²) in [7, 11) is 1.64. The molecule has 0 aliphatic heterocycles. The van der Waals surface area contributed by atoms with E-state index in [0.29, 0.717) is 25.8 Å². The molecule has 0 aliphatic rings. The van der Waals surface area contributed by atoms with Crippen LogP contribution in [-0.2, 0) is 20.8 Å². The number of aromatic amines is 1. The molecule has 3 amide bonds. The highest BCUT2D eigenvalue weighted by atomic mass is 16.2. The van der Waals surface area contributed by atoms with E-state index >= 15 is 0 Å². The lowest BCUT2D eigenvalue weighted by molar-refractivity contribution is -0.133. The molecule has 2 aromatic rings. The average Bonchev–Trinajstić information content (AvgIpc) is 3.26. The van der Waals surface area contributed by atoms with Crippen molar-refractivity contribution in [3.8, 4) is 0 Å². The van der Waals surface area contributed by atoms with Gasteiger partial charge < -0.3 is 37.3 Å². The fourth-order valence-corrected chi connectivity index (χ4v) is 4.23. The van der Waals surface area contributed by atoms with Gasteiger partial charge in [-0.3, -0.25) is 19.8 Å². The van der Waals surface area contributed by atoms with Crippen molar-refractivity contribution in [3.05, 3.63) is 36.0 Å². The van der Waals surface area contributed by atoms with Gasteiger partial charge in [0, 0.05) is 42.7 Å². The molecule has 0 spiro atoms. The predicted octanol–water partition coefficient (Wildman–Crippen LogP) is 1.49. The number of nitrogens with two attached hydrogens (primary N) is 1. The molecule has 1 aromatic carbocycles. The quantitative estimate of drug-likeness (QED) is 0.108. The molecule has 0 saturated carbocycles. The molecule has 0 radical (unpaired) electrons. The lowest BCUT2D eigenvalue weighted by atomic mass is 10.0. The first-order valence-electron chi connectivity index (χ1n) is 13.5. The number of fused-ring (bicyclic) bond motifs is 1. The van der Waals surface area contributed by atoms with Gasteiger partial charge >= 0.3 is 0 Å². The Labute approximate surface area is 231 Å². The van der Waals surface area contributed by atoms with Crippen LogP contribution in [0.3, 0.4) is 0 Å². The smallest absolute Gasteiger partial charge is 0.243 e. The fourth-order valence-electron chi connectivity index (χ4n) is 4.23. The highest BCUT2D eigenvalue weighted by molar-refractivity contribution is 5.94. The molecular formula is C28H46N8O3. The van der Waals surface area contributed by atoms with Crippen molar-refractivity contribution in [1.82, 2.24) is 31.6 Å². The van der Waals surface area contributed by atoms with Gasteiger partial charge in [0.2, 0.25) is 17.7 Å². The third-order valence-electron chi connectivity index (χ3n) is 6.15. The third kappa shape index (κ3) is 10.6. The lowest BCUT2D eigenvalue weighted by Crippen LogP contribution is -2.58. The van der Waals surface area contributed by atoms with Crippen LogP contribution in [0.4, 0.5) is 0 Å². The van der Waals surface area contributed by atoms with Crippen LogP contribution in [0.5, 0.6) is 0 Å². The summed E-state index contributed by atoms with van der Waals surface area (Å²) in [6.07, 6.45) is 3.41. The van der Waals surface area contributed by atoms with E-state index in [0.717, 1.165) is 16.5 Å². The van der Waals surface area contributed by atoms with Gasteiger partial charge in [0.25, 0.3) is 0 Å². The van der Waals surface area contributed by atoms with Gasteiger partial charge in [-0.2, -0.15) is 0 Å². The van der Waals surface area contributed by atoms with Crippen LogP contribution in [0.15, 0.2) is 30.5 Å². The molecule has 9 N–H and O–H groups in total. The number of carbonyl (C=O) groups excluding carboxylic acids is 3. The third-order valence-corrected chi connectivity index (χ3v) is 6.15. The SMILES string of the molecule is CNC(=N)NCCC[C@H](NC(=O)[C@@H](N)CC(C)C)C(=O)N[C@@H](Cc1c[nH]c2ccccc12)C(=O)NC(C)(C)C. The Hall–Kier alpha value is -3.60. The van der Waals surface area contributed by atoms with E-state index in [4.69, 9.17) is 11.1 Å². The maximum Gasteiger partial charge on any atom is 0.243 e. The minimum absolute atomic E-state index is 0.164. The number of H-pyrrole nitrogens is 1. The van der Waals surface area contributed by atoms with Crippen molar-refractivity contribution in [3.63, 3.8) is 0 Å². The van der Waals surface area contributed by atoms with Crippen molar-refractivity contribution in [2.75, 3.05) is 13.6 Å². The van der Waals surface area contributed by atoms with E-state index in [9.17, 15) is 14.4 Å². The molecule has 0 bridgehead atoms. The van der Waals surface area contributed by atoms with Crippen LogP contribution in [0.2, 0.25) is 0 Å². The largest absolute Gasteiger partial charge is 0.361 e. The summed E-state index contributed by atoms with van der Waals surface area (Å²) in [4.78, 5) is 42.9. The molecule has 1 heterocycles. The van der Waals surface area contributed by atoms with Gasteiger partial charge in [-0.25, -0.2) is 0 Å². The molecule has 0 fully saturated rings.